The lowest BCUT2D eigenvalue weighted by molar-refractivity contribution is 0.136. The summed E-state index contributed by atoms with van der Waals surface area (Å²) in [5, 5.41) is 0.174. The molecule has 22 heavy (non-hydrogen) atoms. The van der Waals surface area contributed by atoms with E-state index < -0.39 is 8.56 Å². The van der Waals surface area contributed by atoms with E-state index >= 15 is 0 Å². The van der Waals surface area contributed by atoms with Crippen LogP contribution in [0.25, 0.3) is 0 Å². The molecule has 0 unspecified atom stereocenters. The highest BCUT2D eigenvalue weighted by Crippen LogP contribution is 2.50. The standard InChI is InChI=1S/C19H42O2Si/c1-8-13-14-15-16-17-22(20-11-4,21-12-5)19(6,7)18(9-2)10-3/h18H,8-17H2,1-7H3. The van der Waals surface area contributed by atoms with E-state index in [0.717, 1.165) is 19.3 Å². The Hall–Kier alpha value is 0.137. The molecule has 0 aromatic heterocycles. The molecule has 0 rings (SSSR count). The lowest BCUT2D eigenvalue weighted by Gasteiger charge is -2.47. The summed E-state index contributed by atoms with van der Waals surface area (Å²) in [6.07, 6.45) is 9.02. The minimum Gasteiger partial charge on any atom is -0.394 e. The van der Waals surface area contributed by atoms with Crippen molar-refractivity contribution in [2.75, 3.05) is 13.2 Å². The topological polar surface area (TPSA) is 18.5 Å². The molecule has 0 aromatic carbocycles. The van der Waals surface area contributed by atoms with E-state index in [1.165, 1.54) is 44.9 Å². The van der Waals surface area contributed by atoms with Crippen LogP contribution in [-0.4, -0.2) is 21.8 Å². The molecule has 3 heteroatoms. The summed E-state index contributed by atoms with van der Waals surface area (Å²) in [4.78, 5) is 0. The van der Waals surface area contributed by atoms with Gasteiger partial charge in [0.05, 0.1) is 0 Å². The fraction of sp³-hybridized carbons (Fsp3) is 1.00. The molecule has 0 atom stereocenters. The zero-order valence-electron chi connectivity index (χ0n) is 16.5. The van der Waals surface area contributed by atoms with Crippen LogP contribution in [0.5, 0.6) is 0 Å². The first-order chi connectivity index (χ1) is 10.5. The fourth-order valence-corrected chi connectivity index (χ4v) is 8.37. The Bertz CT molecular complexity index is 256. The predicted molar refractivity (Wildman–Crippen MR) is 101 cm³/mol. The lowest BCUT2D eigenvalue weighted by atomic mass is 9.90. The van der Waals surface area contributed by atoms with Crippen LogP contribution in [0, 0.1) is 5.92 Å². The minimum absolute atomic E-state index is 0.174. The van der Waals surface area contributed by atoms with E-state index in [1.807, 2.05) is 0 Å². The van der Waals surface area contributed by atoms with Crippen molar-refractivity contribution >= 4 is 8.56 Å². The molecule has 0 bridgehead atoms. The van der Waals surface area contributed by atoms with Crippen molar-refractivity contribution in [3.05, 3.63) is 0 Å². The molecule has 0 saturated heterocycles. The molecule has 0 spiro atoms. The van der Waals surface area contributed by atoms with E-state index in [2.05, 4.69) is 48.5 Å². The minimum atomic E-state index is -2.19. The van der Waals surface area contributed by atoms with Gasteiger partial charge in [0, 0.05) is 18.3 Å². The van der Waals surface area contributed by atoms with Gasteiger partial charge >= 0.3 is 8.56 Å². The third-order valence-corrected chi connectivity index (χ3v) is 10.2. The second-order valence-electron chi connectivity index (χ2n) is 7.02. The molecule has 0 aliphatic heterocycles. The molecular formula is C19H42O2Si. The maximum absolute atomic E-state index is 6.44. The molecule has 0 fully saturated rings. The van der Waals surface area contributed by atoms with Gasteiger partial charge in [0.2, 0.25) is 0 Å². The zero-order chi connectivity index (χ0) is 17.1. The molecule has 0 saturated carbocycles. The van der Waals surface area contributed by atoms with Crippen LogP contribution in [0.2, 0.25) is 11.1 Å². The molecular weight excluding hydrogens is 288 g/mol. The van der Waals surface area contributed by atoms with Gasteiger partial charge in [-0.2, -0.15) is 0 Å². The Balaban J connectivity index is 5.11. The van der Waals surface area contributed by atoms with E-state index in [4.69, 9.17) is 8.85 Å². The highest BCUT2D eigenvalue weighted by molar-refractivity contribution is 6.70. The average Bonchev–Trinajstić information content (AvgIpc) is 2.48. The number of hydrogen-bond donors (Lipinski definition) is 0. The summed E-state index contributed by atoms with van der Waals surface area (Å²) in [6.45, 7) is 17.5. The maximum atomic E-state index is 6.44. The molecule has 2 nitrogen and oxygen atoms in total. The first-order valence-corrected chi connectivity index (χ1v) is 11.8. The van der Waals surface area contributed by atoms with Crippen LogP contribution < -0.4 is 0 Å². The van der Waals surface area contributed by atoms with Crippen molar-refractivity contribution in [2.24, 2.45) is 5.92 Å². The summed E-state index contributed by atoms with van der Waals surface area (Å²) in [6, 6.07) is 1.15. The monoisotopic (exact) mass is 330 g/mol. The quantitative estimate of drug-likeness (QED) is 0.261. The van der Waals surface area contributed by atoms with E-state index in [9.17, 15) is 0 Å². The third kappa shape index (κ3) is 5.97. The van der Waals surface area contributed by atoms with Crippen LogP contribution in [0.15, 0.2) is 0 Å². The molecule has 0 amide bonds. The van der Waals surface area contributed by atoms with Crippen molar-refractivity contribution in [2.45, 2.75) is 104 Å². The summed E-state index contributed by atoms with van der Waals surface area (Å²) in [7, 11) is -2.19. The van der Waals surface area contributed by atoms with Crippen molar-refractivity contribution in [3.63, 3.8) is 0 Å². The van der Waals surface area contributed by atoms with Gasteiger partial charge in [-0.05, 0) is 25.8 Å². The summed E-state index contributed by atoms with van der Waals surface area (Å²) >= 11 is 0. The molecule has 0 N–H and O–H groups in total. The first-order valence-electron chi connectivity index (χ1n) is 9.73. The summed E-state index contributed by atoms with van der Waals surface area (Å²) in [5.41, 5.74) is 0. The SMILES string of the molecule is CCCCCCC[Si](OCC)(OCC)C(C)(C)C(CC)CC. The average molecular weight is 331 g/mol. The van der Waals surface area contributed by atoms with E-state index in [0.29, 0.717) is 5.92 Å². The first kappa shape index (κ1) is 22.1. The van der Waals surface area contributed by atoms with E-state index in [1.54, 1.807) is 0 Å². The van der Waals surface area contributed by atoms with Gasteiger partial charge in [0.1, 0.15) is 0 Å². The van der Waals surface area contributed by atoms with Gasteiger partial charge in [0.15, 0.2) is 0 Å². The normalized spacial score (nSPS) is 13.1. The van der Waals surface area contributed by atoms with Crippen LogP contribution in [0.4, 0.5) is 0 Å². The molecule has 0 radical (unpaired) electrons. The highest BCUT2D eigenvalue weighted by Gasteiger charge is 2.54. The Kier molecular flexibility index (Phi) is 11.7. The molecule has 0 aliphatic rings. The van der Waals surface area contributed by atoms with Crippen molar-refractivity contribution < 1.29 is 8.85 Å². The van der Waals surface area contributed by atoms with Crippen molar-refractivity contribution in [1.82, 2.24) is 0 Å². The fourth-order valence-electron chi connectivity index (χ4n) is 3.93. The highest BCUT2D eigenvalue weighted by atomic mass is 28.4. The molecule has 134 valence electrons. The Morgan fingerprint density at radius 2 is 1.27 bits per heavy atom. The zero-order valence-corrected chi connectivity index (χ0v) is 17.5. The van der Waals surface area contributed by atoms with Crippen molar-refractivity contribution in [3.8, 4) is 0 Å². The van der Waals surface area contributed by atoms with Gasteiger partial charge in [-0.1, -0.05) is 79.6 Å². The van der Waals surface area contributed by atoms with Crippen LogP contribution in [-0.2, 0) is 8.85 Å². The lowest BCUT2D eigenvalue weighted by Crippen LogP contribution is -2.54. The Morgan fingerprint density at radius 3 is 1.68 bits per heavy atom. The third-order valence-electron chi connectivity index (χ3n) is 5.35. The summed E-state index contributed by atoms with van der Waals surface area (Å²) in [5.74, 6) is 0.688. The maximum Gasteiger partial charge on any atom is 0.344 e. The summed E-state index contributed by atoms with van der Waals surface area (Å²) < 4.78 is 12.9. The van der Waals surface area contributed by atoms with Crippen molar-refractivity contribution in [1.29, 1.82) is 0 Å². The smallest absolute Gasteiger partial charge is 0.344 e. The Morgan fingerprint density at radius 1 is 0.773 bits per heavy atom. The van der Waals surface area contributed by atoms with Gasteiger partial charge < -0.3 is 8.85 Å². The number of unbranched alkanes of at least 4 members (excludes halogenated alkanes) is 4. The second kappa shape index (κ2) is 11.6. The number of hydrogen-bond acceptors (Lipinski definition) is 2. The molecule has 0 heterocycles. The molecule has 0 aliphatic carbocycles. The predicted octanol–water partition coefficient (Wildman–Crippen LogP) is 6.69. The molecule has 0 aromatic rings. The van der Waals surface area contributed by atoms with Gasteiger partial charge in [-0.25, -0.2) is 0 Å². The Labute approximate surface area is 141 Å². The van der Waals surface area contributed by atoms with Crippen LogP contribution in [0.3, 0.4) is 0 Å². The van der Waals surface area contributed by atoms with E-state index in [-0.39, 0.29) is 5.04 Å². The largest absolute Gasteiger partial charge is 0.394 e. The van der Waals surface area contributed by atoms with Crippen LogP contribution >= 0.6 is 0 Å². The van der Waals surface area contributed by atoms with Gasteiger partial charge in [0.25, 0.3) is 0 Å². The second-order valence-corrected chi connectivity index (χ2v) is 10.9. The van der Waals surface area contributed by atoms with Gasteiger partial charge in [-0.3, -0.25) is 0 Å². The number of rotatable bonds is 14. The van der Waals surface area contributed by atoms with Gasteiger partial charge in [-0.15, -0.1) is 0 Å². The van der Waals surface area contributed by atoms with Crippen LogP contribution in [0.1, 0.15) is 93.4 Å².